The van der Waals surface area contributed by atoms with Crippen LogP contribution in [0.1, 0.15) is 32.6 Å². The molecule has 35 heavy (non-hydrogen) atoms. The van der Waals surface area contributed by atoms with Crippen LogP contribution in [-0.2, 0) is 4.74 Å². The van der Waals surface area contributed by atoms with E-state index in [4.69, 9.17) is 0 Å². The Morgan fingerprint density at radius 2 is 0.771 bits per heavy atom. The van der Waals surface area contributed by atoms with Crippen molar-refractivity contribution in [2.45, 2.75) is 86.3 Å². The van der Waals surface area contributed by atoms with Crippen LogP contribution in [0.5, 0.6) is 0 Å². The number of unbranched alkanes of at least 4 members (excludes halogenated alkanes) is 3. The second-order valence-electron chi connectivity index (χ2n) is 6.95. The molecule has 0 aromatic heterocycles. The summed E-state index contributed by atoms with van der Waals surface area (Å²) in [6, 6.07) is 0. The van der Waals surface area contributed by atoms with E-state index in [1.54, 1.807) is 0 Å². The van der Waals surface area contributed by atoms with Gasteiger partial charge in [-0.05, 0) is 6.42 Å². The van der Waals surface area contributed by atoms with Crippen molar-refractivity contribution in [3.63, 3.8) is 0 Å². The zero-order valence-corrected chi connectivity index (χ0v) is 16.6. The summed E-state index contributed by atoms with van der Waals surface area (Å²) in [6.45, 7) is -0.127. The van der Waals surface area contributed by atoms with Gasteiger partial charge >= 0.3 is 53.7 Å². The zero-order chi connectivity index (χ0) is 28.7. The highest BCUT2D eigenvalue weighted by atomic mass is 19.4. The molecule has 0 aliphatic rings. The molecule has 0 heterocycles. The Morgan fingerprint density at radius 1 is 0.429 bits per heavy atom. The molecule has 0 rings (SSSR count). The fourth-order valence-electron chi connectivity index (χ4n) is 2.33. The van der Waals surface area contributed by atoms with Crippen molar-refractivity contribution in [2.75, 3.05) is 6.61 Å². The zero-order valence-electron chi connectivity index (χ0n) is 16.6. The van der Waals surface area contributed by atoms with Crippen LogP contribution in [0, 0.1) is 0 Å². The lowest BCUT2D eigenvalue weighted by Gasteiger charge is -2.44. The van der Waals surface area contributed by atoms with E-state index in [1.165, 1.54) is 6.92 Å². The maximum absolute atomic E-state index is 13.6. The van der Waals surface area contributed by atoms with E-state index in [0.29, 0.717) is 6.42 Å². The van der Waals surface area contributed by atoms with Crippen LogP contribution in [0.4, 0.5) is 83.4 Å². The summed E-state index contributed by atoms with van der Waals surface area (Å²) in [7, 11) is 0. The normalized spacial score (nSPS) is 16.1. The number of rotatable bonds is 12. The van der Waals surface area contributed by atoms with E-state index < -0.39 is 66.8 Å². The molecule has 0 aliphatic heterocycles. The third-order valence-electron chi connectivity index (χ3n) is 4.44. The maximum Gasteiger partial charge on any atom is 0.438 e. The van der Waals surface area contributed by atoms with Gasteiger partial charge in [0.2, 0.25) is 0 Å². The van der Waals surface area contributed by atoms with Crippen molar-refractivity contribution in [1.29, 1.82) is 0 Å². The third-order valence-corrected chi connectivity index (χ3v) is 4.44. The van der Waals surface area contributed by atoms with Crippen LogP contribution in [0.15, 0.2) is 0 Å². The van der Waals surface area contributed by atoms with Gasteiger partial charge in [-0.25, -0.2) is 4.39 Å². The molecule has 212 valence electrons. The molecule has 0 aliphatic carbocycles. The minimum atomic E-state index is -9.01. The first-order chi connectivity index (χ1) is 15.1. The van der Waals surface area contributed by atoms with Gasteiger partial charge in [0.05, 0.1) is 6.61 Å². The number of ether oxygens (including phenoxy) is 1. The lowest BCUT2D eigenvalue weighted by Crippen LogP contribution is -2.77. The molecule has 0 aromatic rings. The monoisotopic (exact) mass is 570 g/mol. The van der Waals surface area contributed by atoms with Crippen molar-refractivity contribution in [1.82, 2.24) is 0 Å². The lowest BCUT2D eigenvalue weighted by atomic mass is 9.84. The van der Waals surface area contributed by atoms with E-state index in [9.17, 15) is 83.4 Å². The van der Waals surface area contributed by atoms with Crippen molar-refractivity contribution >= 4 is 0 Å². The summed E-state index contributed by atoms with van der Waals surface area (Å²) in [5, 5.41) is 0. The summed E-state index contributed by atoms with van der Waals surface area (Å²) in [5.41, 5.74) is -8.73. The van der Waals surface area contributed by atoms with Gasteiger partial charge in [0, 0.05) is 0 Å². The second-order valence-corrected chi connectivity index (χ2v) is 6.95. The molecule has 0 unspecified atom stereocenters. The van der Waals surface area contributed by atoms with Gasteiger partial charge in [-0.15, -0.1) is 0 Å². The summed E-state index contributed by atoms with van der Waals surface area (Å²) in [5.74, 6) is -43.4. The molecular formula is C15H13F19O. The van der Waals surface area contributed by atoms with E-state index in [-0.39, 0.29) is 12.8 Å². The number of hydrogen-bond acceptors (Lipinski definition) is 1. The first-order valence-corrected chi connectivity index (χ1v) is 8.79. The van der Waals surface area contributed by atoms with Gasteiger partial charge in [0.15, 0.2) is 0 Å². The molecule has 0 spiro atoms. The highest BCUT2D eigenvalue weighted by Crippen LogP contribution is 2.66. The Labute approximate surface area is 182 Å². The van der Waals surface area contributed by atoms with E-state index in [2.05, 4.69) is 4.74 Å². The molecule has 0 atom stereocenters. The van der Waals surface area contributed by atoms with E-state index in [0.717, 1.165) is 0 Å². The largest absolute Gasteiger partial charge is 0.438 e. The standard InChI is InChI=1S/C15H13F19O/c1-2-3-4-5-6-35-15(33,34)12(25,26)11(23,24)10(21,22)9(19,20)8(17,18)7(16,13(27,28)29)14(30,31)32/h2-6H2,1H3. The predicted molar refractivity (Wildman–Crippen MR) is 75.7 cm³/mol. The fourth-order valence-corrected chi connectivity index (χ4v) is 2.33. The molecular weight excluding hydrogens is 557 g/mol. The summed E-state index contributed by atoms with van der Waals surface area (Å²) in [4.78, 5) is 0. The predicted octanol–water partition coefficient (Wildman–Crippen LogP) is 8.19. The van der Waals surface area contributed by atoms with Crippen LogP contribution in [-0.4, -0.2) is 60.3 Å². The maximum atomic E-state index is 13.6. The summed E-state index contributed by atoms with van der Waals surface area (Å²) >= 11 is 0. The Balaban J connectivity index is 6.63. The lowest BCUT2D eigenvalue weighted by molar-refractivity contribution is -0.484. The average Bonchev–Trinajstić information content (AvgIpc) is 2.64. The highest BCUT2D eigenvalue weighted by molar-refractivity contribution is 5.18. The van der Waals surface area contributed by atoms with Gasteiger partial charge < -0.3 is 4.74 Å². The van der Waals surface area contributed by atoms with E-state index >= 15 is 0 Å². The smallest absolute Gasteiger partial charge is 0.316 e. The van der Waals surface area contributed by atoms with Crippen molar-refractivity contribution in [2.24, 2.45) is 0 Å². The summed E-state index contributed by atoms with van der Waals surface area (Å²) in [6.07, 6.45) is -23.7. The van der Waals surface area contributed by atoms with E-state index in [1.807, 2.05) is 0 Å². The molecule has 1 nitrogen and oxygen atoms in total. The summed E-state index contributed by atoms with van der Waals surface area (Å²) < 4.78 is 252. The Morgan fingerprint density at radius 3 is 1.11 bits per heavy atom. The molecule has 0 radical (unpaired) electrons. The Hall–Kier alpha value is -1.37. The topological polar surface area (TPSA) is 9.23 Å². The van der Waals surface area contributed by atoms with Gasteiger partial charge in [-0.2, -0.15) is 79.0 Å². The molecule has 20 heteroatoms. The van der Waals surface area contributed by atoms with Crippen molar-refractivity contribution < 1.29 is 88.2 Å². The van der Waals surface area contributed by atoms with Crippen LogP contribution in [0.3, 0.4) is 0 Å². The molecule has 0 bridgehead atoms. The SMILES string of the molecule is CCCCCCOC(F)(F)C(F)(F)C(F)(F)C(F)(F)C(F)(F)C(F)(F)C(F)(C(F)(F)F)C(F)(F)F. The van der Waals surface area contributed by atoms with Gasteiger partial charge in [0.1, 0.15) is 0 Å². The molecule has 0 amide bonds. The molecule has 0 saturated heterocycles. The Bertz CT molecular complexity index is 690. The number of alkyl halides is 19. The minimum absolute atomic E-state index is 0.123. The third kappa shape index (κ3) is 4.95. The van der Waals surface area contributed by atoms with Gasteiger partial charge in [-0.1, -0.05) is 26.2 Å². The van der Waals surface area contributed by atoms with Crippen LogP contribution in [0.25, 0.3) is 0 Å². The molecule has 0 saturated carbocycles. The van der Waals surface area contributed by atoms with Crippen LogP contribution in [0.2, 0.25) is 0 Å². The van der Waals surface area contributed by atoms with Gasteiger partial charge in [-0.3, -0.25) is 0 Å². The Kier molecular flexibility index (Phi) is 9.13. The second kappa shape index (κ2) is 9.50. The van der Waals surface area contributed by atoms with Gasteiger partial charge in [0.25, 0.3) is 0 Å². The average molecular weight is 570 g/mol. The highest BCUT2D eigenvalue weighted by Gasteiger charge is 2.98. The van der Waals surface area contributed by atoms with Crippen molar-refractivity contribution in [3.05, 3.63) is 0 Å². The fraction of sp³-hybridized carbons (Fsp3) is 1.00. The van der Waals surface area contributed by atoms with Crippen LogP contribution < -0.4 is 0 Å². The van der Waals surface area contributed by atoms with Crippen molar-refractivity contribution in [3.8, 4) is 0 Å². The molecule has 0 aromatic carbocycles. The molecule has 0 N–H and O–H groups in total. The van der Waals surface area contributed by atoms with Crippen LogP contribution >= 0.6 is 0 Å². The number of hydrogen-bond donors (Lipinski definition) is 0. The molecule has 0 fully saturated rings. The number of halogens is 19. The quantitative estimate of drug-likeness (QED) is 0.170. The first-order valence-electron chi connectivity index (χ1n) is 8.79. The first kappa shape index (κ1) is 33.6. The minimum Gasteiger partial charge on any atom is -0.316 e.